The fourth-order valence-electron chi connectivity index (χ4n) is 7.18. The van der Waals surface area contributed by atoms with Gasteiger partial charge in [0.25, 0.3) is 0 Å². The van der Waals surface area contributed by atoms with Crippen molar-refractivity contribution in [1.29, 1.82) is 0 Å². The summed E-state index contributed by atoms with van der Waals surface area (Å²) in [5.74, 6) is 0.636. The Hall–Kier alpha value is -6.85. The van der Waals surface area contributed by atoms with E-state index in [4.69, 9.17) is 18.8 Å². The second-order valence-corrected chi connectivity index (χ2v) is 12.3. The van der Waals surface area contributed by atoms with Crippen molar-refractivity contribution in [2.45, 2.75) is 0 Å². The zero-order valence-corrected chi connectivity index (χ0v) is 26.7. The third kappa shape index (κ3) is 4.52. The molecule has 0 radical (unpaired) electrons. The molecule has 50 heavy (non-hydrogen) atoms. The molecule has 5 heteroatoms. The number of hydrogen-bond donors (Lipinski definition) is 0. The highest BCUT2D eigenvalue weighted by molar-refractivity contribution is 6.21. The summed E-state index contributed by atoms with van der Waals surface area (Å²) < 4.78 is 13.1. The highest BCUT2D eigenvalue weighted by Gasteiger charge is 2.22. The fraction of sp³-hybridized carbons (Fsp3) is 0. The standard InChI is InChI=1S/C45H27N3O2/c1-2-11-29(12-3-1)37-27-38(48-45(47-37)33-14-5-4-13-30(33)28-23-25-46-26-24-28)34-22-21-32(43-36-16-7-9-19-40(36)50-44(34)43)31-17-10-20-41-42(31)35-15-6-8-18-39(35)49-41/h1-27H. The van der Waals surface area contributed by atoms with Gasteiger partial charge in [0.2, 0.25) is 0 Å². The van der Waals surface area contributed by atoms with Gasteiger partial charge in [-0.3, -0.25) is 4.98 Å². The number of furan rings is 2. The average molecular weight is 642 g/mol. The maximum Gasteiger partial charge on any atom is 0.161 e. The summed E-state index contributed by atoms with van der Waals surface area (Å²) in [6, 6.07) is 51.7. The molecule has 0 aliphatic carbocycles. The van der Waals surface area contributed by atoms with Crippen molar-refractivity contribution in [2.24, 2.45) is 0 Å². The summed E-state index contributed by atoms with van der Waals surface area (Å²) in [6.45, 7) is 0. The molecule has 0 saturated heterocycles. The van der Waals surface area contributed by atoms with Gasteiger partial charge in [-0.05, 0) is 64.7 Å². The number of rotatable bonds is 5. The van der Waals surface area contributed by atoms with Gasteiger partial charge in [-0.1, -0.05) is 109 Å². The van der Waals surface area contributed by atoms with Crippen LogP contribution in [0.5, 0.6) is 0 Å². The van der Waals surface area contributed by atoms with E-state index in [2.05, 4.69) is 83.8 Å². The van der Waals surface area contributed by atoms with Gasteiger partial charge in [0.1, 0.15) is 22.3 Å². The number of nitrogens with zero attached hydrogens (tertiary/aromatic N) is 3. The van der Waals surface area contributed by atoms with E-state index in [0.29, 0.717) is 5.82 Å². The van der Waals surface area contributed by atoms with Gasteiger partial charge in [-0.2, -0.15) is 0 Å². The second kappa shape index (κ2) is 11.4. The summed E-state index contributed by atoms with van der Waals surface area (Å²) in [5, 5.41) is 4.26. The first kappa shape index (κ1) is 28.2. The third-order valence-electron chi connectivity index (χ3n) is 9.45. The maximum absolute atomic E-state index is 6.77. The van der Waals surface area contributed by atoms with E-state index in [1.165, 1.54) is 0 Å². The average Bonchev–Trinajstić information content (AvgIpc) is 3.77. The molecule has 0 atom stereocenters. The van der Waals surface area contributed by atoms with Crippen molar-refractivity contribution in [3.63, 3.8) is 0 Å². The second-order valence-electron chi connectivity index (χ2n) is 12.3. The SMILES string of the molecule is c1ccc(-c2cc(-c3ccc(-c4cccc5oc6ccccc6c45)c4c3oc3ccccc34)nc(-c3ccccc3-c3ccncc3)n2)cc1. The largest absolute Gasteiger partial charge is 0.456 e. The Labute approximate surface area is 287 Å². The number of aromatic nitrogens is 3. The highest BCUT2D eigenvalue weighted by Crippen LogP contribution is 2.45. The first-order valence-corrected chi connectivity index (χ1v) is 16.6. The van der Waals surface area contributed by atoms with Crippen LogP contribution in [0.25, 0.3) is 100 Å². The lowest BCUT2D eigenvalue weighted by Gasteiger charge is -2.13. The van der Waals surface area contributed by atoms with Gasteiger partial charge in [0.15, 0.2) is 5.82 Å². The summed E-state index contributed by atoms with van der Waals surface area (Å²) in [4.78, 5) is 14.7. The van der Waals surface area contributed by atoms with Crippen LogP contribution in [0.1, 0.15) is 0 Å². The zero-order chi connectivity index (χ0) is 33.0. The van der Waals surface area contributed by atoms with Crippen molar-refractivity contribution in [3.8, 4) is 56.2 Å². The zero-order valence-electron chi connectivity index (χ0n) is 26.7. The molecule has 0 amide bonds. The molecule has 0 aliphatic heterocycles. The predicted octanol–water partition coefficient (Wildman–Crippen LogP) is 12.0. The van der Waals surface area contributed by atoms with E-state index in [0.717, 1.165) is 94.2 Å². The number of hydrogen-bond acceptors (Lipinski definition) is 5. The van der Waals surface area contributed by atoms with Crippen LogP contribution in [-0.4, -0.2) is 15.0 Å². The summed E-state index contributed by atoms with van der Waals surface area (Å²) in [5.41, 5.74) is 12.0. The Morgan fingerprint density at radius 2 is 0.980 bits per heavy atom. The molecule has 0 saturated carbocycles. The molecule has 5 nitrogen and oxygen atoms in total. The molecular formula is C45H27N3O2. The molecule has 0 unspecified atom stereocenters. The minimum Gasteiger partial charge on any atom is -0.456 e. The molecule has 0 fully saturated rings. The monoisotopic (exact) mass is 641 g/mol. The van der Waals surface area contributed by atoms with Crippen molar-refractivity contribution in [3.05, 3.63) is 164 Å². The number of para-hydroxylation sites is 2. The fourth-order valence-corrected chi connectivity index (χ4v) is 7.18. The molecule has 6 aromatic carbocycles. The molecule has 234 valence electrons. The van der Waals surface area contributed by atoms with Gasteiger partial charge in [-0.15, -0.1) is 0 Å². The molecular weight excluding hydrogens is 615 g/mol. The Morgan fingerprint density at radius 1 is 0.380 bits per heavy atom. The molecule has 0 bridgehead atoms. The lowest BCUT2D eigenvalue weighted by atomic mass is 9.93. The van der Waals surface area contributed by atoms with Crippen molar-refractivity contribution < 1.29 is 8.83 Å². The van der Waals surface area contributed by atoms with Gasteiger partial charge in [0.05, 0.1) is 11.4 Å². The Bertz CT molecular complexity index is 2870. The topological polar surface area (TPSA) is 65.0 Å². The molecule has 10 rings (SSSR count). The van der Waals surface area contributed by atoms with Crippen molar-refractivity contribution in [1.82, 2.24) is 15.0 Å². The number of benzene rings is 6. The summed E-state index contributed by atoms with van der Waals surface area (Å²) >= 11 is 0. The highest BCUT2D eigenvalue weighted by atomic mass is 16.3. The minimum absolute atomic E-state index is 0.636. The first-order valence-electron chi connectivity index (χ1n) is 16.6. The molecule has 10 aromatic rings. The van der Waals surface area contributed by atoms with Crippen LogP contribution in [0.2, 0.25) is 0 Å². The third-order valence-corrected chi connectivity index (χ3v) is 9.45. The number of fused-ring (bicyclic) bond motifs is 6. The van der Waals surface area contributed by atoms with Crippen LogP contribution in [-0.2, 0) is 0 Å². The minimum atomic E-state index is 0.636. The Balaban J connectivity index is 1.26. The van der Waals surface area contributed by atoms with E-state index in [1.807, 2.05) is 85.2 Å². The lowest BCUT2D eigenvalue weighted by molar-refractivity contribution is 0.668. The van der Waals surface area contributed by atoms with E-state index < -0.39 is 0 Å². The van der Waals surface area contributed by atoms with E-state index in [-0.39, 0.29) is 0 Å². The Kier molecular flexibility index (Phi) is 6.42. The molecule has 0 aliphatic rings. The Morgan fingerprint density at radius 3 is 1.80 bits per heavy atom. The smallest absolute Gasteiger partial charge is 0.161 e. The van der Waals surface area contributed by atoms with E-state index in [1.54, 1.807) is 0 Å². The van der Waals surface area contributed by atoms with Crippen LogP contribution in [0.15, 0.2) is 173 Å². The molecule has 4 aromatic heterocycles. The van der Waals surface area contributed by atoms with E-state index in [9.17, 15) is 0 Å². The molecule has 4 heterocycles. The van der Waals surface area contributed by atoms with E-state index >= 15 is 0 Å². The summed E-state index contributed by atoms with van der Waals surface area (Å²) in [7, 11) is 0. The predicted molar refractivity (Wildman–Crippen MR) is 202 cm³/mol. The normalized spacial score (nSPS) is 11.6. The van der Waals surface area contributed by atoms with Crippen LogP contribution < -0.4 is 0 Å². The first-order chi connectivity index (χ1) is 24.8. The lowest BCUT2D eigenvalue weighted by Crippen LogP contribution is -1.98. The van der Waals surface area contributed by atoms with Gasteiger partial charge in [0, 0.05) is 50.6 Å². The summed E-state index contributed by atoms with van der Waals surface area (Å²) in [6.07, 6.45) is 3.62. The quantitative estimate of drug-likeness (QED) is 0.187. The maximum atomic E-state index is 6.77. The van der Waals surface area contributed by atoms with Gasteiger partial charge >= 0.3 is 0 Å². The van der Waals surface area contributed by atoms with Crippen molar-refractivity contribution >= 4 is 43.9 Å². The molecule has 0 N–H and O–H groups in total. The number of pyridine rings is 1. The van der Waals surface area contributed by atoms with Gasteiger partial charge < -0.3 is 8.83 Å². The van der Waals surface area contributed by atoms with Crippen LogP contribution in [0.4, 0.5) is 0 Å². The van der Waals surface area contributed by atoms with Crippen molar-refractivity contribution in [2.75, 3.05) is 0 Å². The van der Waals surface area contributed by atoms with Crippen LogP contribution >= 0.6 is 0 Å². The van der Waals surface area contributed by atoms with Crippen LogP contribution in [0.3, 0.4) is 0 Å². The molecule has 0 spiro atoms. The van der Waals surface area contributed by atoms with Crippen LogP contribution in [0, 0.1) is 0 Å². The van der Waals surface area contributed by atoms with Gasteiger partial charge in [-0.25, -0.2) is 9.97 Å².